The van der Waals surface area contributed by atoms with Gasteiger partial charge in [-0.1, -0.05) is 34.1 Å². The molecule has 0 aromatic heterocycles. The quantitative estimate of drug-likeness (QED) is 0.827. The number of benzene rings is 2. The van der Waals surface area contributed by atoms with Crippen LogP contribution in [0.25, 0.3) is 0 Å². The Hall–Kier alpha value is -1.86. The molecule has 0 aliphatic carbocycles. The van der Waals surface area contributed by atoms with Crippen LogP contribution in [-0.4, -0.2) is 18.6 Å². The molecular weight excluding hydrogens is 356 g/mol. The molecule has 0 atom stereocenters. The van der Waals surface area contributed by atoms with Gasteiger partial charge in [0.05, 0.1) is 12.1 Å². The number of hydrogen-bond acceptors (Lipinski definition) is 4. The van der Waals surface area contributed by atoms with Gasteiger partial charge < -0.3 is 5.73 Å². The largest absolute Gasteiger partial charge is 0.398 e. The van der Waals surface area contributed by atoms with E-state index >= 15 is 0 Å². The fourth-order valence-corrected chi connectivity index (χ4v) is 4.32. The molecule has 3 rings (SSSR count). The minimum Gasteiger partial charge on any atom is -0.398 e. The summed E-state index contributed by atoms with van der Waals surface area (Å²) in [4.78, 5) is 12.4. The van der Waals surface area contributed by atoms with E-state index in [1.807, 2.05) is 0 Å². The number of halogens is 1. The maximum atomic E-state index is 12.5. The van der Waals surface area contributed by atoms with Crippen LogP contribution in [0.4, 0.5) is 5.69 Å². The second-order valence-electron chi connectivity index (χ2n) is 4.62. The molecule has 5 nitrogen and oxygen atoms in total. The standard InChI is InChI=1S/C14H11BrN2O3S/c15-11-5-3-6-12(16)10(11)8-17-14(18)9-4-1-2-7-13(9)21(17,19)20/h1-7H,8,16H2. The molecule has 0 saturated carbocycles. The van der Waals surface area contributed by atoms with Crippen LogP contribution in [-0.2, 0) is 16.6 Å². The molecule has 0 unspecified atom stereocenters. The molecule has 1 aliphatic heterocycles. The van der Waals surface area contributed by atoms with Crippen molar-refractivity contribution < 1.29 is 13.2 Å². The lowest BCUT2D eigenvalue weighted by Gasteiger charge is -2.17. The van der Waals surface area contributed by atoms with E-state index in [0.717, 1.165) is 4.31 Å². The topological polar surface area (TPSA) is 80.5 Å². The first-order valence-electron chi connectivity index (χ1n) is 6.12. The average Bonchev–Trinajstić information content (AvgIpc) is 2.64. The lowest BCUT2D eigenvalue weighted by molar-refractivity contribution is 0.0865. The third kappa shape index (κ3) is 2.13. The number of nitrogen functional groups attached to an aromatic ring is 1. The van der Waals surface area contributed by atoms with Crippen LogP contribution in [0.15, 0.2) is 51.8 Å². The number of sulfonamides is 1. The fourth-order valence-electron chi connectivity index (χ4n) is 2.27. The number of hydrogen-bond donors (Lipinski definition) is 1. The maximum absolute atomic E-state index is 12.5. The average molecular weight is 367 g/mol. The molecule has 2 N–H and O–H groups in total. The molecule has 2 aromatic rings. The Morgan fingerprint density at radius 2 is 1.81 bits per heavy atom. The molecule has 21 heavy (non-hydrogen) atoms. The number of carbonyl (C=O) groups is 1. The minimum atomic E-state index is -3.82. The van der Waals surface area contributed by atoms with Gasteiger partial charge in [-0.25, -0.2) is 12.7 Å². The summed E-state index contributed by atoms with van der Waals surface area (Å²) in [5.41, 5.74) is 7.08. The van der Waals surface area contributed by atoms with Gasteiger partial charge in [-0.2, -0.15) is 0 Å². The number of nitrogens with zero attached hydrogens (tertiary/aromatic N) is 1. The Bertz CT molecular complexity index is 829. The highest BCUT2D eigenvalue weighted by atomic mass is 79.9. The van der Waals surface area contributed by atoms with Crippen molar-refractivity contribution in [2.45, 2.75) is 11.4 Å². The minimum absolute atomic E-state index is 0.0422. The molecule has 0 bridgehead atoms. The monoisotopic (exact) mass is 366 g/mol. The summed E-state index contributed by atoms with van der Waals surface area (Å²) in [6.07, 6.45) is 0. The molecule has 108 valence electrons. The Balaban J connectivity index is 2.08. The number of nitrogens with two attached hydrogens (primary N) is 1. The van der Waals surface area contributed by atoms with Crippen molar-refractivity contribution in [3.05, 3.63) is 58.1 Å². The first-order valence-corrected chi connectivity index (χ1v) is 8.35. The van der Waals surface area contributed by atoms with E-state index < -0.39 is 15.9 Å². The third-order valence-corrected chi connectivity index (χ3v) is 5.90. The molecule has 0 saturated heterocycles. The zero-order valence-electron chi connectivity index (χ0n) is 10.8. The van der Waals surface area contributed by atoms with Gasteiger partial charge in [-0.15, -0.1) is 0 Å². The Labute approximate surface area is 130 Å². The molecule has 1 amide bonds. The van der Waals surface area contributed by atoms with Crippen molar-refractivity contribution in [1.82, 2.24) is 4.31 Å². The lowest BCUT2D eigenvalue weighted by Crippen LogP contribution is -2.30. The van der Waals surface area contributed by atoms with Crippen LogP contribution < -0.4 is 5.73 Å². The Morgan fingerprint density at radius 1 is 1.10 bits per heavy atom. The van der Waals surface area contributed by atoms with E-state index in [2.05, 4.69) is 15.9 Å². The predicted molar refractivity (Wildman–Crippen MR) is 82.1 cm³/mol. The van der Waals surface area contributed by atoms with Crippen LogP contribution >= 0.6 is 15.9 Å². The van der Waals surface area contributed by atoms with Crippen molar-refractivity contribution in [1.29, 1.82) is 0 Å². The number of anilines is 1. The van der Waals surface area contributed by atoms with E-state index in [1.165, 1.54) is 12.1 Å². The summed E-state index contributed by atoms with van der Waals surface area (Å²) in [6.45, 7) is -0.0941. The van der Waals surface area contributed by atoms with E-state index in [-0.39, 0.29) is 17.0 Å². The predicted octanol–water partition coefficient (Wildman–Crippen LogP) is 2.38. The number of rotatable bonds is 2. The second kappa shape index (κ2) is 4.85. The summed E-state index contributed by atoms with van der Waals surface area (Å²) in [7, 11) is -3.82. The Kier molecular flexibility index (Phi) is 3.26. The van der Waals surface area contributed by atoms with E-state index in [9.17, 15) is 13.2 Å². The highest BCUT2D eigenvalue weighted by molar-refractivity contribution is 9.10. The first kappa shape index (κ1) is 14.1. The molecule has 2 aromatic carbocycles. The van der Waals surface area contributed by atoms with Gasteiger partial charge in [0, 0.05) is 15.7 Å². The van der Waals surface area contributed by atoms with Crippen LogP contribution in [0, 0.1) is 0 Å². The summed E-state index contributed by atoms with van der Waals surface area (Å²) in [6, 6.07) is 11.4. The van der Waals surface area contributed by atoms with Crippen LogP contribution in [0.3, 0.4) is 0 Å². The highest BCUT2D eigenvalue weighted by Gasteiger charge is 2.41. The maximum Gasteiger partial charge on any atom is 0.269 e. The lowest BCUT2D eigenvalue weighted by atomic mass is 10.1. The SMILES string of the molecule is Nc1cccc(Br)c1CN1C(=O)c2ccccc2S1(=O)=O. The zero-order valence-corrected chi connectivity index (χ0v) is 13.2. The van der Waals surface area contributed by atoms with Gasteiger partial charge in [-0.3, -0.25) is 4.79 Å². The van der Waals surface area contributed by atoms with Gasteiger partial charge in [0.2, 0.25) is 0 Å². The highest BCUT2D eigenvalue weighted by Crippen LogP contribution is 2.33. The second-order valence-corrected chi connectivity index (χ2v) is 7.31. The van der Waals surface area contributed by atoms with Crippen LogP contribution in [0.5, 0.6) is 0 Å². The molecule has 7 heteroatoms. The molecular formula is C14H11BrN2O3S. The summed E-state index contributed by atoms with van der Waals surface area (Å²) in [5, 5.41) is 0. The molecule has 0 spiro atoms. The van der Waals surface area contributed by atoms with Crippen molar-refractivity contribution in [2.24, 2.45) is 0 Å². The third-order valence-electron chi connectivity index (χ3n) is 3.37. The molecule has 1 heterocycles. The van der Waals surface area contributed by atoms with Crippen molar-refractivity contribution >= 4 is 37.5 Å². The summed E-state index contributed by atoms with van der Waals surface area (Å²) >= 11 is 3.33. The van der Waals surface area contributed by atoms with Crippen LogP contribution in [0.1, 0.15) is 15.9 Å². The van der Waals surface area contributed by atoms with E-state index in [4.69, 9.17) is 5.73 Å². The number of fused-ring (bicyclic) bond motifs is 1. The zero-order chi connectivity index (χ0) is 15.2. The Morgan fingerprint density at radius 3 is 2.48 bits per heavy atom. The van der Waals surface area contributed by atoms with E-state index in [1.54, 1.807) is 30.3 Å². The van der Waals surface area contributed by atoms with Gasteiger partial charge in [0.15, 0.2) is 0 Å². The fraction of sp³-hybridized carbons (Fsp3) is 0.0714. The molecule has 1 aliphatic rings. The van der Waals surface area contributed by atoms with Crippen LogP contribution in [0.2, 0.25) is 0 Å². The summed E-state index contributed by atoms with van der Waals surface area (Å²) < 4.78 is 26.5. The number of carbonyl (C=O) groups excluding carboxylic acids is 1. The molecule has 0 fully saturated rings. The van der Waals surface area contributed by atoms with Crippen molar-refractivity contribution in [2.75, 3.05) is 5.73 Å². The number of amides is 1. The normalized spacial score (nSPS) is 16.0. The molecule has 0 radical (unpaired) electrons. The van der Waals surface area contributed by atoms with Gasteiger partial charge in [-0.05, 0) is 24.3 Å². The van der Waals surface area contributed by atoms with Gasteiger partial charge >= 0.3 is 0 Å². The first-order chi connectivity index (χ1) is 9.93. The summed E-state index contributed by atoms with van der Waals surface area (Å²) in [5.74, 6) is -0.527. The van der Waals surface area contributed by atoms with Crippen molar-refractivity contribution in [3.63, 3.8) is 0 Å². The van der Waals surface area contributed by atoms with E-state index in [0.29, 0.717) is 15.7 Å². The van der Waals surface area contributed by atoms with Gasteiger partial charge in [0.25, 0.3) is 15.9 Å². The smallest absolute Gasteiger partial charge is 0.269 e. The van der Waals surface area contributed by atoms with Gasteiger partial charge in [0.1, 0.15) is 4.90 Å². The van der Waals surface area contributed by atoms with Crippen molar-refractivity contribution in [3.8, 4) is 0 Å².